The van der Waals surface area contributed by atoms with Crippen molar-refractivity contribution >= 4 is 16.7 Å². The van der Waals surface area contributed by atoms with E-state index >= 15 is 0 Å². The van der Waals surface area contributed by atoms with Crippen molar-refractivity contribution in [3.8, 4) is 0 Å². The van der Waals surface area contributed by atoms with E-state index in [4.69, 9.17) is 0 Å². The summed E-state index contributed by atoms with van der Waals surface area (Å²) in [5.41, 5.74) is 0.463. The number of pyridine rings is 1. The Morgan fingerprint density at radius 3 is 2.79 bits per heavy atom. The Bertz CT molecular complexity index is 658. The molecule has 0 aliphatic carbocycles. The van der Waals surface area contributed by atoms with Gasteiger partial charge >= 0.3 is 0 Å². The molecule has 0 bridgehead atoms. The molecule has 1 heterocycles. The molecule has 0 aliphatic rings. The van der Waals surface area contributed by atoms with Crippen molar-refractivity contribution in [3.05, 3.63) is 46.4 Å². The van der Waals surface area contributed by atoms with E-state index in [9.17, 15) is 9.59 Å². The van der Waals surface area contributed by atoms with Gasteiger partial charge in [0.25, 0.3) is 5.91 Å². The van der Waals surface area contributed by atoms with Gasteiger partial charge in [-0.1, -0.05) is 26.0 Å². The number of carbonyl (C=O) groups excluding carboxylic acids is 1. The van der Waals surface area contributed by atoms with Crippen LogP contribution in [0.4, 0.5) is 0 Å². The molecule has 0 saturated carbocycles. The van der Waals surface area contributed by atoms with Gasteiger partial charge in [-0.05, 0) is 17.4 Å². The number of carbonyl (C=O) groups is 1. The number of nitrogens with zero attached hydrogens (tertiary/aromatic N) is 1. The van der Waals surface area contributed by atoms with E-state index in [-0.39, 0.29) is 11.5 Å². The summed E-state index contributed by atoms with van der Waals surface area (Å²) in [5, 5.41) is 1.57. The van der Waals surface area contributed by atoms with Crippen molar-refractivity contribution in [1.29, 1.82) is 0 Å². The van der Waals surface area contributed by atoms with Crippen LogP contribution < -0.4 is 5.56 Å². The standard InChI is InChI=1S/C15H18N2O2/c1-10(2)9-17(3)15(19)12-6-4-5-11-7-14(18)16-8-13(11)12/h4-8,10H,9H2,1-3H3,(H,16,18). The molecule has 0 fully saturated rings. The molecular weight excluding hydrogens is 240 g/mol. The number of aromatic nitrogens is 1. The van der Waals surface area contributed by atoms with E-state index in [0.717, 1.165) is 10.8 Å². The minimum absolute atomic E-state index is 0.0219. The molecule has 0 saturated heterocycles. The van der Waals surface area contributed by atoms with Crippen LogP contribution in [0.2, 0.25) is 0 Å². The number of nitrogens with one attached hydrogen (secondary N) is 1. The van der Waals surface area contributed by atoms with Gasteiger partial charge in [-0.3, -0.25) is 9.59 Å². The van der Waals surface area contributed by atoms with Gasteiger partial charge in [0, 0.05) is 36.8 Å². The molecule has 100 valence electrons. The first kappa shape index (κ1) is 13.3. The van der Waals surface area contributed by atoms with Crippen molar-refractivity contribution in [2.24, 2.45) is 5.92 Å². The molecule has 4 nitrogen and oxygen atoms in total. The fourth-order valence-corrected chi connectivity index (χ4v) is 2.22. The number of hydrogen-bond donors (Lipinski definition) is 1. The Hall–Kier alpha value is -2.10. The summed E-state index contributed by atoms with van der Waals surface area (Å²) in [6, 6.07) is 6.94. The van der Waals surface area contributed by atoms with E-state index in [0.29, 0.717) is 18.0 Å². The average molecular weight is 258 g/mol. The summed E-state index contributed by atoms with van der Waals surface area (Å²) in [6.45, 7) is 4.85. The van der Waals surface area contributed by atoms with E-state index < -0.39 is 0 Å². The van der Waals surface area contributed by atoms with E-state index in [1.807, 2.05) is 6.07 Å². The van der Waals surface area contributed by atoms with Crippen LogP contribution in [0.3, 0.4) is 0 Å². The van der Waals surface area contributed by atoms with Crippen LogP contribution >= 0.6 is 0 Å². The van der Waals surface area contributed by atoms with E-state index in [1.54, 1.807) is 30.3 Å². The van der Waals surface area contributed by atoms with E-state index in [2.05, 4.69) is 18.8 Å². The number of hydrogen-bond acceptors (Lipinski definition) is 2. The number of rotatable bonds is 3. The number of aromatic amines is 1. The maximum atomic E-state index is 12.4. The molecule has 0 aliphatic heterocycles. The Kier molecular flexibility index (Phi) is 3.69. The lowest BCUT2D eigenvalue weighted by atomic mass is 10.1. The second-order valence-electron chi connectivity index (χ2n) is 5.19. The molecular formula is C15H18N2O2. The third-order valence-electron chi connectivity index (χ3n) is 3.00. The van der Waals surface area contributed by atoms with Crippen LogP contribution in [0.25, 0.3) is 10.8 Å². The molecule has 0 spiro atoms. The first-order valence-corrected chi connectivity index (χ1v) is 6.36. The fraction of sp³-hybridized carbons (Fsp3) is 0.333. The van der Waals surface area contributed by atoms with Crippen molar-refractivity contribution in [3.63, 3.8) is 0 Å². The summed E-state index contributed by atoms with van der Waals surface area (Å²) < 4.78 is 0. The highest BCUT2D eigenvalue weighted by atomic mass is 16.2. The zero-order valence-corrected chi connectivity index (χ0v) is 11.4. The maximum Gasteiger partial charge on any atom is 0.254 e. The zero-order valence-electron chi connectivity index (χ0n) is 11.4. The molecule has 0 atom stereocenters. The predicted molar refractivity (Wildman–Crippen MR) is 76.4 cm³/mol. The Balaban J connectivity index is 2.45. The topological polar surface area (TPSA) is 53.2 Å². The van der Waals surface area contributed by atoms with Crippen LogP contribution in [-0.2, 0) is 0 Å². The van der Waals surface area contributed by atoms with Gasteiger partial charge in [0.05, 0.1) is 0 Å². The number of fused-ring (bicyclic) bond motifs is 1. The molecule has 2 aromatic rings. The fourth-order valence-electron chi connectivity index (χ4n) is 2.22. The first-order chi connectivity index (χ1) is 8.99. The average Bonchev–Trinajstić information content (AvgIpc) is 2.36. The van der Waals surface area contributed by atoms with Crippen LogP contribution in [-0.4, -0.2) is 29.4 Å². The van der Waals surface area contributed by atoms with Gasteiger partial charge < -0.3 is 9.88 Å². The van der Waals surface area contributed by atoms with E-state index in [1.165, 1.54) is 6.07 Å². The van der Waals surface area contributed by atoms with Crippen LogP contribution in [0, 0.1) is 5.92 Å². The Labute approximate surface area is 112 Å². The lowest BCUT2D eigenvalue weighted by Crippen LogP contribution is -2.30. The molecule has 1 amide bonds. The second-order valence-corrected chi connectivity index (χ2v) is 5.19. The molecule has 0 radical (unpaired) electrons. The molecule has 1 N–H and O–H groups in total. The van der Waals surface area contributed by atoms with Crippen LogP contribution in [0.1, 0.15) is 24.2 Å². The van der Waals surface area contributed by atoms with Crippen molar-refractivity contribution in [2.45, 2.75) is 13.8 Å². The van der Waals surface area contributed by atoms with Crippen LogP contribution in [0.15, 0.2) is 35.3 Å². The van der Waals surface area contributed by atoms with Gasteiger partial charge in [-0.2, -0.15) is 0 Å². The monoisotopic (exact) mass is 258 g/mol. The largest absolute Gasteiger partial charge is 0.341 e. The van der Waals surface area contributed by atoms with Crippen molar-refractivity contribution in [2.75, 3.05) is 13.6 Å². The zero-order chi connectivity index (χ0) is 14.0. The molecule has 1 aromatic heterocycles. The maximum absolute atomic E-state index is 12.4. The third kappa shape index (κ3) is 2.84. The summed E-state index contributed by atoms with van der Waals surface area (Å²) in [5.74, 6) is 0.398. The highest BCUT2D eigenvalue weighted by Gasteiger charge is 2.15. The molecule has 4 heteroatoms. The minimum atomic E-state index is -0.160. The minimum Gasteiger partial charge on any atom is -0.341 e. The highest BCUT2D eigenvalue weighted by molar-refractivity contribution is 6.06. The molecule has 1 aromatic carbocycles. The summed E-state index contributed by atoms with van der Waals surface area (Å²) in [6.07, 6.45) is 1.61. The SMILES string of the molecule is CC(C)CN(C)C(=O)c1cccc2cc(=O)[nH]cc12. The van der Waals surface area contributed by atoms with Crippen molar-refractivity contribution < 1.29 is 4.79 Å². The quantitative estimate of drug-likeness (QED) is 0.918. The van der Waals surface area contributed by atoms with Gasteiger partial charge in [0.2, 0.25) is 5.56 Å². The van der Waals surface area contributed by atoms with Gasteiger partial charge in [-0.25, -0.2) is 0 Å². The summed E-state index contributed by atoms with van der Waals surface area (Å²) in [7, 11) is 1.80. The number of benzene rings is 1. The van der Waals surface area contributed by atoms with Gasteiger partial charge in [-0.15, -0.1) is 0 Å². The molecule has 19 heavy (non-hydrogen) atoms. The van der Waals surface area contributed by atoms with Gasteiger partial charge in [0.1, 0.15) is 0 Å². The summed E-state index contributed by atoms with van der Waals surface area (Å²) in [4.78, 5) is 28.0. The number of amides is 1. The smallest absolute Gasteiger partial charge is 0.254 e. The normalized spacial score (nSPS) is 10.9. The second kappa shape index (κ2) is 5.26. The predicted octanol–water partition coefficient (Wildman–Crippen LogP) is 2.26. The van der Waals surface area contributed by atoms with Gasteiger partial charge in [0.15, 0.2) is 0 Å². The Morgan fingerprint density at radius 1 is 1.37 bits per heavy atom. The van der Waals surface area contributed by atoms with Crippen LogP contribution in [0.5, 0.6) is 0 Å². The third-order valence-corrected chi connectivity index (χ3v) is 3.00. The Morgan fingerprint density at radius 2 is 2.11 bits per heavy atom. The highest BCUT2D eigenvalue weighted by Crippen LogP contribution is 2.18. The lowest BCUT2D eigenvalue weighted by molar-refractivity contribution is 0.0781. The first-order valence-electron chi connectivity index (χ1n) is 6.36. The van der Waals surface area contributed by atoms with Crippen molar-refractivity contribution in [1.82, 2.24) is 9.88 Å². The summed E-state index contributed by atoms with van der Waals surface area (Å²) >= 11 is 0. The number of H-pyrrole nitrogens is 1. The molecule has 0 unspecified atom stereocenters. The lowest BCUT2D eigenvalue weighted by Gasteiger charge is -2.20. The molecule has 2 rings (SSSR count).